The molecule has 3 saturated heterocycles. The Morgan fingerprint density at radius 1 is 0.457 bits per heavy atom. The fraction of sp³-hybridized carbons (Fsp3) is 0.421. The van der Waals surface area contributed by atoms with E-state index < -0.39 is 159 Å². The van der Waals surface area contributed by atoms with Gasteiger partial charge >= 0.3 is 53.7 Å². The van der Waals surface area contributed by atoms with Crippen LogP contribution in [0.1, 0.15) is 89.9 Å². The molecule has 3 heterocycles. The van der Waals surface area contributed by atoms with Gasteiger partial charge in [0.15, 0.2) is 67.7 Å². The Bertz CT molecular complexity index is 2840. The van der Waals surface area contributed by atoms with E-state index in [1.165, 1.54) is 93.6 Å². The second-order valence-electron chi connectivity index (χ2n) is 19.5. The average molecular weight is 1130 g/mol. The molecule has 3 fully saturated rings. The first-order chi connectivity index (χ1) is 38.6. The molecule has 0 aliphatic carbocycles. The van der Waals surface area contributed by atoms with Gasteiger partial charge in [0, 0.05) is 27.7 Å². The summed E-state index contributed by atoms with van der Waals surface area (Å²) in [5.41, 5.74) is -1.28. The van der Waals surface area contributed by atoms with E-state index in [1.54, 1.807) is 48.5 Å². The summed E-state index contributed by atoms with van der Waals surface area (Å²) < 4.78 is 83.6. The number of hydrogen-bond acceptors (Lipinski definition) is 24. The van der Waals surface area contributed by atoms with E-state index in [0.29, 0.717) is 0 Å². The van der Waals surface area contributed by atoms with Crippen molar-refractivity contribution in [2.45, 2.75) is 140 Å². The molecule has 0 spiro atoms. The van der Waals surface area contributed by atoms with Gasteiger partial charge in [0.05, 0.1) is 28.9 Å². The summed E-state index contributed by atoms with van der Waals surface area (Å²) in [6.07, 6.45) is -27.6. The number of rotatable bonds is 18. The van der Waals surface area contributed by atoms with Crippen molar-refractivity contribution in [3.8, 4) is 0 Å². The molecule has 3 aliphatic rings. The van der Waals surface area contributed by atoms with Crippen molar-refractivity contribution in [3.05, 3.63) is 144 Å². The first kappa shape index (κ1) is 60.5. The van der Waals surface area contributed by atoms with Crippen LogP contribution in [0.15, 0.2) is 121 Å². The largest absolute Gasteiger partial charge is 0.459 e. The molecule has 24 heteroatoms. The maximum Gasteiger partial charge on any atom is 0.339 e. The van der Waals surface area contributed by atoms with Gasteiger partial charge in [-0.25, -0.2) is 24.0 Å². The third kappa shape index (κ3) is 16.3. The lowest BCUT2D eigenvalue weighted by Gasteiger charge is -2.49. The Morgan fingerprint density at radius 2 is 0.864 bits per heavy atom. The highest BCUT2D eigenvalue weighted by Crippen LogP contribution is 2.38. The van der Waals surface area contributed by atoms with E-state index in [4.69, 9.17) is 66.3 Å². The zero-order valence-corrected chi connectivity index (χ0v) is 44.9. The molecule has 0 unspecified atom stereocenters. The molecular weight excluding hydrogens is 1070 g/mol. The Labute approximate surface area is 463 Å². The third-order valence-electron chi connectivity index (χ3n) is 12.1. The number of aliphatic hydroxyl groups is 1. The predicted molar refractivity (Wildman–Crippen MR) is 271 cm³/mol. The van der Waals surface area contributed by atoms with Crippen molar-refractivity contribution in [1.82, 2.24) is 0 Å². The van der Waals surface area contributed by atoms with Crippen LogP contribution in [0, 0.1) is 0 Å². The minimum atomic E-state index is -2.41. The Balaban J connectivity index is 1.40. The lowest BCUT2D eigenvalue weighted by molar-refractivity contribution is -0.379. The van der Waals surface area contributed by atoms with Crippen LogP contribution in [0.25, 0.3) is 0 Å². The van der Waals surface area contributed by atoms with Gasteiger partial charge in [-0.1, -0.05) is 72.8 Å². The van der Waals surface area contributed by atoms with Crippen LogP contribution in [-0.4, -0.2) is 164 Å². The third-order valence-corrected chi connectivity index (χ3v) is 12.1. The molecule has 3 aliphatic heterocycles. The first-order valence-electron chi connectivity index (χ1n) is 25.4. The van der Waals surface area contributed by atoms with E-state index >= 15 is 0 Å². The number of aliphatic hydroxyl groups excluding tert-OH is 1. The van der Waals surface area contributed by atoms with E-state index in [9.17, 15) is 48.3 Å². The quantitative estimate of drug-likeness (QED) is 0.108. The summed E-state index contributed by atoms with van der Waals surface area (Å²) in [6.45, 7) is 7.10. The summed E-state index contributed by atoms with van der Waals surface area (Å²) in [5, 5.41) is 12.2. The Morgan fingerprint density at radius 3 is 1.33 bits per heavy atom. The number of esters is 9. The van der Waals surface area contributed by atoms with Gasteiger partial charge in [0.2, 0.25) is 0 Å². The lowest BCUT2D eigenvalue weighted by Crippen LogP contribution is -2.68. The summed E-state index contributed by atoms with van der Waals surface area (Å²) >= 11 is 0. The van der Waals surface area contributed by atoms with Crippen molar-refractivity contribution in [1.29, 1.82) is 0 Å². The van der Waals surface area contributed by atoms with Crippen molar-refractivity contribution in [3.63, 3.8) is 0 Å². The van der Waals surface area contributed by atoms with E-state index in [0.717, 1.165) is 27.7 Å². The Hall–Kier alpha value is -8.13. The van der Waals surface area contributed by atoms with E-state index in [-0.39, 0.29) is 22.3 Å². The lowest BCUT2D eigenvalue weighted by atomic mass is 9.95. The van der Waals surface area contributed by atoms with Crippen LogP contribution in [-0.2, 0) is 90.3 Å². The zero-order chi connectivity index (χ0) is 58.5. The SMILES string of the molecule is CC(=O)O[C@@H]1[C@@H](OC(C)=O)[C@H](O[C@@H]2[C@@H](O[C@@H]3O[C@H](COC(=O)c4ccccc4)[C@H](OC(=O)c4ccccc4)[C@H](OC(=O)c4ccccc4)[C@H]3OC(=O)c3ccccc3)[C@@H](O)O[C@H](C(=O)OC(C)(C)C)[C@H]2OC(C)=O)OC[C@H]1OC(C)=O. The molecule has 7 rings (SSSR count). The molecule has 4 aromatic rings. The molecular formula is C57H60O24. The molecule has 14 atom stereocenters. The van der Waals surface area contributed by atoms with Gasteiger partial charge in [-0.05, 0) is 69.3 Å². The molecule has 0 bridgehead atoms. The maximum absolute atomic E-state index is 14.4. The summed E-state index contributed by atoms with van der Waals surface area (Å²) in [7, 11) is 0. The van der Waals surface area contributed by atoms with Crippen LogP contribution < -0.4 is 0 Å². The zero-order valence-electron chi connectivity index (χ0n) is 44.9. The van der Waals surface area contributed by atoms with Gasteiger partial charge in [-0.2, -0.15) is 0 Å². The molecule has 0 aromatic heterocycles. The second-order valence-corrected chi connectivity index (χ2v) is 19.5. The first-order valence-corrected chi connectivity index (χ1v) is 25.4. The average Bonchev–Trinajstić information content (AvgIpc) is 3.47. The van der Waals surface area contributed by atoms with Gasteiger partial charge < -0.3 is 71.4 Å². The predicted octanol–water partition coefficient (Wildman–Crippen LogP) is 4.16. The molecule has 0 saturated carbocycles. The van der Waals surface area contributed by atoms with E-state index in [2.05, 4.69) is 0 Å². The molecule has 0 radical (unpaired) electrons. The van der Waals surface area contributed by atoms with Gasteiger partial charge in [0.25, 0.3) is 0 Å². The smallest absolute Gasteiger partial charge is 0.339 e. The van der Waals surface area contributed by atoms with E-state index in [1.807, 2.05) is 0 Å². The van der Waals surface area contributed by atoms with Gasteiger partial charge in [-0.15, -0.1) is 0 Å². The van der Waals surface area contributed by atoms with Crippen LogP contribution in [0.2, 0.25) is 0 Å². The Kier molecular flexibility index (Phi) is 20.4. The highest BCUT2D eigenvalue weighted by molar-refractivity contribution is 5.92. The number of carbonyl (C=O) groups excluding carboxylic acids is 9. The fourth-order valence-electron chi connectivity index (χ4n) is 8.77. The number of benzene rings is 4. The summed E-state index contributed by atoms with van der Waals surface area (Å²) in [5.74, 6) is -9.18. The van der Waals surface area contributed by atoms with Crippen LogP contribution in [0.3, 0.4) is 0 Å². The molecule has 1 N–H and O–H groups in total. The number of ether oxygens (including phenoxy) is 14. The molecule has 81 heavy (non-hydrogen) atoms. The molecule has 432 valence electrons. The minimum absolute atomic E-state index is 0.00695. The fourth-order valence-corrected chi connectivity index (χ4v) is 8.77. The molecule has 4 aromatic carbocycles. The molecule has 24 nitrogen and oxygen atoms in total. The second kappa shape index (κ2) is 27.4. The van der Waals surface area contributed by atoms with Gasteiger partial charge in [-0.3, -0.25) is 19.2 Å². The van der Waals surface area contributed by atoms with Crippen LogP contribution >= 0.6 is 0 Å². The molecule has 0 amide bonds. The number of hydrogen-bond donors (Lipinski definition) is 1. The van der Waals surface area contributed by atoms with Crippen LogP contribution in [0.5, 0.6) is 0 Å². The minimum Gasteiger partial charge on any atom is -0.459 e. The maximum atomic E-state index is 14.4. The van der Waals surface area contributed by atoms with Crippen molar-refractivity contribution in [2.75, 3.05) is 13.2 Å². The van der Waals surface area contributed by atoms with Crippen molar-refractivity contribution < 1.29 is 115 Å². The summed E-state index contributed by atoms with van der Waals surface area (Å²) in [6, 6.07) is 30.1. The summed E-state index contributed by atoms with van der Waals surface area (Å²) in [4.78, 5) is 122. The van der Waals surface area contributed by atoms with Gasteiger partial charge in [0.1, 0.15) is 30.5 Å². The highest BCUT2D eigenvalue weighted by atomic mass is 16.8. The standard InChI is InChI=1S/C57H60O24/c1-30(58)70-38-29-69-55(47(73-33(4)61)41(38)71-31(2)59)79-44-43(72-32(3)60)46(54(67)81-57(5,6)7)77-53(66)45(44)80-56-48(78-52(65)37-26-18-11-19-27-37)42(76-51(64)36-24-16-10-17-25-36)40(75-50(63)35-22-14-9-15-23-35)39(74-56)28-68-49(62)34-20-12-8-13-21-34/h8-27,38-48,53,55-56,66H,28-29H2,1-7H3/t38-,39-,40+,41+,42+,43+,44+,45-,46+,47-,48-,53+,55+,56+/m1/s1. The number of carbonyl (C=O) groups is 9. The normalized spacial score (nSPS) is 27.2. The highest BCUT2D eigenvalue weighted by Gasteiger charge is 2.60. The topological polar surface area (TPSA) is 303 Å². The monoisotopic (exact) mass is 1130 g/mol. The van der Waals surface area contributed by atoms with Crippen LogP contribution in [0.4, 0.5) is 0 Å². The van der Waals surface area contributed by atoms with Crippen molar-refractivity contribution in [2.24, 2.45) is 0 Å². The van der Waals surface area contributed by atoms with Crippen molar-refractivity contribution >= 4 is 53.7 Å².